The lowest BCUT2D eigenvalue weighted by molar-refractivity contribution is -0.121. The van der Waals surface area contributed by atoms with Crippen LogP contribution in [-0.2, 0) is 21.4 Å². The molecule has 0 atom stereocenters. The van der Waals surface area contributed by atoms with Gasteiger partial charge in [-0.2, -0.15) is 4.31 Å². The highest BCUT2D eigenvalue weighted by molar-refractivity contribution is 7.89. The molecule has 0 aliphatic heterocycles. The van der Waals surface area contributed by atoms with Crippen LogP contribution in [-0.4, -0.2) is 31.7 Å². The SMILES string of the molecule is Cc1ccc(CN(CC(=O)NCCC2=CCCCC2)S(=O)(=O)c2c(C)cc(C)cc2C)cc1. The standard InChI is InChI=1S/C27H36N2O3S/c1-20-10-12-25(13-11-20)18-29(19-26(30)28-15-14-24-8-6-5-7-9-24)33(31,32)27-22(3)16-21(2)17-23(27)4/h8,10-13,16-17H,5-7,9,14-15,18-19H2,1-4H3,(H,28,30). The maximum Gasteiger partial charge on any atom is 0.244 e. The van der Waals surface area contributed by atoms with Gasteiger partial charge in [0.15, 0.2) is 0 Å². The third kappa shape index (κ3) is 6.78. The summed E-state index contributed by atoms with van der Waals surface area (Å²) < 4.78 is 28.8. The van der Waals surface area contributed by atoms with Gasteiger partial charge < -0.3 is 5.32 Å². The summed E-state index contributed by atoms with van der Waals surface area (Å²) in [7, 11) is -3.87. The molecule has 1 aliphatic carbocycles. The Morgan fingerprint density at radius 1 is 0.970 bits per heavy atom. The highest BCUT2D eigenvalue weighted by atomic mass is 32.2. The second-order valence-electron chi connectivity index (χ2n) is 9.19. The summed E-state index contributed by atoms with van der Waals surface area (Å²) in [6.45, 7) is 8.05. The van der Waals surface area contributed by atoms with Gasteiger partial charge in [0, 0.05) is 13.1 Å². The van der Waals surface area contributed by atoms with E-state index in [1.165, 1.54) is 22.7 Å². The van der Waals surface area contributed by atoms with E-state index in [0.29, 0.717) is 22.6 Å². The zero-order valence-electron chi connectivity index (χ0n) is 20.3. The first-order valence-electron chi connectivity index (χ1n) is 11.7. The van der Waals surface area contributed by atoms with E-state index >= 15 is 0 Å². The molecule has 2 aromatic rings. The molecule has 1 amide bonds. The normalized spacial score (nSPS) is 14.3. The largest absolute Gasteiger partial charge is 0.355 e. The van der Waals surface area contributed by atoms with Crippen molar-refractivity contribution in [1.29, 1.82) is 0 Å². The molecule has 0 fully saturated rings. The van der Waals surface area contributed by atoms with Gasteiger partial charge >= 0.3 is 0 Å². The van der Waals surface area contributed by atoms with Gasteiger partial charge in [-0.05, 0) is 76.5 Å². The number of sulfonamides is 1. The van der Waals surface area contributed by atoms with Crippen LogP contribution in [0.3, 0.4) is 0 Å². The van der Waals surface area contributed by atoms with Crippen LogP contribution in [0.4, 0.5) is 0 Å². The Morgan fingerprint density at radius 3 is 2.24 bits per heavy atom. The van der Waals surface area contributed by atoms with Crippen LogP contribution in [0.15, 0.2) is 52.9 Å². The molecule has 0 saturated heterocycles. The maximum absolute atomic E-state index is 13.8. The predicted molar refractivity (Wildman–Crippen MR) is 134 cm³/mol. The molecule has 1 N–H and O–H groups in total. The van der Waals surface area contributed by atoms with Crippen molar-refractivity contribution >= 4 is 15.9 Å². The molecule has 0 bridgehead atoms. The summed E-state index contributed by atoms with van der Waals surface area (Å²) in [5, 5.41) is 2.93. The fourth-order valence-corrected chi connectivity index (χ4v) is 6.33. The minimum absolute atomic E-state index is 0.147. The van der Waals surface area contributed by atoms with Crippen molar-refractivity contribution in [2.75, 3.05) is 13.1 Å². The van der Waals surface area contributed by atoms with Crippen molar-refractivity contribution in [2.45, 2.75) is 71.2 Å². The first-order chi connectivity index (χ1) is 15.7. The van der Waals surface area contributed by atoms with E-state index in [1.54, 1.807) is 0 Å². The van der Waals surface area contributed by atoms with Gasteiger partial charge in [-0.25, -0.2) is 8.42 Å². The Balaban J connectivity index is 1.80. The van der Waals surface area contributed by atoms with E-state index in [4.69, 9.17) is 0 Å². The third-order valence-corrected chi connectivity index (χ3v) is 8.25. The first-order valence-corrected chi connectivity index (χ1v) is 13.2. The molecule has 0 unspecified atom stereocenters. The molecule has 0 radical (unpaired) electrons. The molecule has 0 spiro atoms. The number of aryl methyl sites for hydroxylation is 4. The lowest BCUT2D eigenvalue weighted by Gasteiger charge is -2.24. The second-order valence-corrected chi connectivity index (χ2v) is 11.1. The molecule has 0 aromatic heterocycles. The molecule has 6 heteroatoms. The highest BCUT2D eigenvalue weighted by Crippen LogP contribution is 2.26. The number of carbonyl (C=O) groups is 1. The van der Waals surface area contributed by atoms with Crippen molar-refractivity contribution in [3.05, 3.63) is 75.9 Å². The molecular weight excluding hydrogens is 432 g/mol. The van der Waals surface area contributed by atoms with Gasteiger partial charge in [0.2, 0.25) is 15.9 Å². The minimum Gasteiger partial charge on any atom is -0.355 e. The smallest absolute Gasteiger partial charge is 0.244 e. The Labute approximate surface area is 198 Å². The van der Waals surface area contributed by atoms with E-state index in [-0.39, 0.29) is 19.0 Å². The van der Waals surface area contributed by atoms with Gasteiger partial charge in [0.1, 0.15) is 0 Å². The summed E-state index contributed by atoms with van der Waals surface area (Å²) >= 11 is 0. The van der Waals surface area contributed by atoms with Crippen LogP contribution in [0.2, 0.25) is 0 Å². The van der Waals surface area contributed by atoms with Crippen molar-refractivity contribution in [3.63, 3.8) is 0 Å². The zero-order valence-corrected chi connectivity index (χ0v) is 21.1. The van der Waals surface area contributed by atoms with E-state index in [1.807, 2.05) is 64.1 Å². The number of carbonyl (C=O) groups excluding carboxylic acids is 1. The van der Waals surface area contributed by atoms with Gasteiger partial charge in [0.25, 0.3) is 0 Å². The van der Waals surface area contributed by atoms with Crippen molar-refractivity contribution in [3.8, 4) is 0 Å². The van der Waals surface area contributed by atoms with Crippen LogP contribution < -0.4 is 5.32 Å². The summed E-state index contributed by atoms with van der Waals surface area (Å²) in [6, 6.07) is 11.5. The maximum atomic E-state index is 13.8. The van der Waals surface area contributed by atoms with Crippen molar-refractivity contribution < 1.29 is 13.2 Å². The minimum atomic E-state index is -3.87. The number of nitrogens with one attached hydrogen (secondary N) is 1. The number of amides is 1. The molecule has 0 saturated carbocycles. The lowest BCUT2D eigenvalue weighted by Crippen LogP contribution is -2.41. The van der Waals surface area contributed by atoms with Crippen LogP contribution in [0.5, 0.6) is 0 Å². The van der Waals surface area contributed by atoms with Crippen molar-refractivity contribution in [2.24, 2.45) is 0 Å². The fraction of sp³-hybridized carbons (Fsp3) is 0.444. The van der Waals surface area contributed by atoms with Crippen LogP contribution in [0, 0.1) is 27.7 Å². The average Bonchev–Trinajstić information content (AvgIpc) is 2.74. The van der Waals surface area contributed by atoms with E-state index < -0.39 is 10.0 Å². The summed E-state index contributed by atoms with van der Waals surface area (Å²) in [4.78, 5) is 13.1. The highest BCUT2D eigenvalue weighted by Gasteiger charge is 2.30. The molecule has 178 valence electrons. The summed E-state index contributed by atoms with van der Waals surface area (Å²) in [6.07, 6.45) is 7.74. The first kappa shape index (κ1) is 25.2. The Hall–Kier alpha value is -2.44. The van der Waals surface area contributed by atoms with Crippen molar-refractivity contribution in [1.82, 2.24) is 9.62 Å². The lowest BCUT2D eigenvalue weighted by atomic mass is 9.97. The number of nitrogens with zero attached hydrogens (tertiary/aromatic N) is 1. The number of rotatable bonds is 9. The Bertz CT molecular complexity index is 1100. The van der Waals surface area contributed by atoms with Gasteiger partial charge in [-0.1, -0.05) is 59.2 Å². The second kappa shape index (κ2) is 11.1. The Kier molecular flexibility index (Phi) is 8.49. The van der Waals surface area contributed by atoms with E-state index in [9.17, 15) is 13.2 Å². The topological polar surface area (TPSA) is 66.5 Å². The quantitative estimate of drug-likeness (QED) is 0.520. The number of hydrogen-bond donors (Lipinski definition) is 1. The molecule has 2 aromatic carbocycles. The number of allylic oxidation sites excluding steroid dienone is 1. The molecule has 33 heavy (non-hydrogen) atoms. The molecule has 5 nitrogen and oxygen atoms in total. The predicted octanol–water partition coefficient (Wildman–Crippen LogP) is 5.12. The van der Waals surface area contributed by atoms with Gasteiger partial charge in [0.05, 0.1) is 11.4 Å². The number of hydrogen-bond acceptors (Lipinski definition) is 3. The van der Waals surface area contributed by atoms with E-state index in [2.05, 4.69) is 11.4 Å². The molecule has 0 heterocycles. The summed E-state index contributed by atoms with van der Waals surface area (Å²) in [5.41, 5.74) is 5.76. The third-order valence-electron chi connectivity index (χ3n) is 6.16. The van der Waals surface area contributed by atoms with E-state index in [0.717, 1.165) is 36.0 Å². The monoisotopic (exact) mass is 468 g/mol. The van der Waals surface area contributed by atoms with Crippen LogP contribution >= 0.6 is 0 Å². The van der Waals surface area contributed by atoms with Crippen LogP contribution in [0.1, 0.15) is 59.9 Å². The molecular formula is C27H36N2O3S. The van der Waals surface area contributed by atoms with Gasteiger partial charge in [-0.3, -0.25) is 4.79 Å². The average molecular weight is 469 g/mol. The fourth-order valence-electron chi connectivity index (χ4n) is 4.54. The molecule has 3 rings (SSSR count). The zero-order chi connectivity index (χ0) is 24.0. The van der Waals surface area contributed by atoms with Gasteiger partial charge in [-0.15, -0.1) is 0 Å². The number of benzene rings is 2. The summed E-state index contributed by atoms with van der Waals surface area (Å²) in [5.74, 6) is -0.274. The molecule has 1 aliphatic rings. The van der Waals surface area contributed by atoms with Crippen LogP contribution in [0.25, 0.3) is 0 Å². The Morgan fingerprint density at radius 2 is 1.64 bits per heavy atom.